The Hall–Kier alpha value is -1.01. The molecule has 0 amide bonds. The number of ether oxygens (including phenoxy) is 1. The zero-order valence-electron chi connectivity index (χ0n) is 9.49. The normalized spacial score (nSPS) is 19.6. The molecule has 0 aliphatic carbocycles. The summed E-state index contributed by atoms with van der Waals surface area (Å²) in [5.41, 5.74) is -2.92. The third kappa shape index (κ3) is 4.03. The predicted molar refractivity (Wildman–Crippen MR) is 70.8 cm³/mol. The van der Waals surface area contributed by atoms with Gasteiger partial charge in [0.15, 0.2) is 5.17 Å². The largest absolute Gasteiger partial charge is 0.487 e. The van der Waals surface area contributed by atoms with E-state index in [0.29, 0.717) is 5.25 Å². The number of benzene rings is 1. The smallest absolute Gasteiger partial charge is 0.420 e. The van der Waals surface area contributed by atoms with Gasteiger partial charge in [-0.3, -0.25) is 4.99 Å². The fourth-order valence-electron chi connectivity index (χ4n) is 1.41. The maximum absolute atomic E-state index is 12.4. The highest BCUT2D eigenvalue weighted by atomic mass is 35.5. The van der Waals surface area contributed by atoms with Crippen LogP contribution in [0.25, 0.3) is 0 Å². The molecule has 0 radical (unpaired) electrons. The molecule has 1 aromatic rings. The van der Waals surface area contributed by atoms with Gasteiger partial charge >= 0.3 is 5.57 Å². The zero-order valence-corrected chi connectivity index (χ0v) is 11.1. The summed E-state index contributed by atoms with van der Waals surface area (Å²) < 4.78 is 29.0. The topological polar surface area (TPSA) is 33.6 Å². The highest BCUT2D eigenvalue weighted by Crippen LogP contribution is 2.27. The minimum absolute atomic E-state index is 0.00920. The summed E-state index contributed by atoms with van der Waals surface area (Å²) in [5, 5.41) is 4.39. The standard InChI is InChI=1S/C11H11ClF2N2OS/c1-7-6-15-10(18-7)16-8-2-4-9(5-3-8)17-11(12,13)14/h2-5,7H,6H2,1H3,(H,15,16). The van der Waals surface area contributed by atoms with E-state index in [1.807, 2.05) is 0 Å². The van der Waals surface area contributed by atoms with Gasteiger partial charge in [-0.25, -0.2) is 0 Å². The SMILES string of the molecule is CC1CN=C(Nc2ccc(OC(F)(F)Cl)cc2)S1. The Labute approximate surface area is 113 Å². The fraction of sp³-hybridized carbons (Fsp3) is 0.364. The molecule has 1 unspecified atom stereocenters. The Morgan fingerprint density at radius 3 is 2.61 bits per heavy atom. The molecule has 18 heavy (non-hydrogen) atoms. The molecule has 2 rings (SSSR count). The number of halogens is 3. The van der Waals surface area contributed by atoms with Crippen molar-refractivity contribution in [2.45, 2.75) is 17.7 Å². The van der Waals surface area contributed by atoms with Gasteiger partial charge in [-0.2, -0.15) is 0 Å². The molecule has 7 heteroatoms. The number of aliphatic imine (C=N–C) groups is 1. The number of anilines is 1. The first kappa shape index (κ1) is 13.4. The third-order valence-corrected chi connectivity index (χ3v) is 3.23. The van der Waals surface area contributed by atoms with Crippen LogP contribution in [0.15, 0.2) is 29.3 Å². The molecule has 1 heterocycles. The molecule has 0 spiro atoms. The molecule has 0 bridgehead atoms. The molecule has 1 aliphatic heterocycles. The van der Waals surface area contributed by atoms with E-state index < -0.39 is 5.57 Å². The number of amidine groups is 1. The number of alkyl halides is 3. The van der Waals surface area contributed by atoms with Gasteiger partial charge in [-0.05, 0) is 24.3 Å². The lowest BCUT2D eigenvalue weighted by molar-refractivity contribution is -0.0964. The quantitative estimate of drug-likeness (QED) is 0.861. The van der Waals surface area contributed by atoms with Crippen molar-refractivity contribution in [1.82, 2.24) is 0 Å². The lowest BCUT2D eigenvalue weighted by atomic mass is 10.3. The Bertz CT molecular complexity index is 447. The van der Waals surface area contributed by atoms with Crippen LogP contribution in [0.4, 0.5) is 14.5 Å². The lowest BCUT2D eigenvalue weighted by Gasteiger charge is -2.11. The minimum Gasteiger partial charge on any atom is -0.420 e. The van der Waals surface area contributed by atoms with E-state index in [1.165, 1.54) is 12.1 Å². The fourth-order valence-corrected chi connectivity index (χ4v) is 2.35. The van der Waals surface area contributed by atoms with Crippen molar-refractivity contribution >= 4 is 34.2 Å². The Morgan fingerprint density at radius 1 is 1.44 bits per heavy atom. The molecule has 1 aliphatic rings. The Balaban J connectivity index is 1.96. The first-order valence-corrected chi connectivity index (χ1v) is 6.52. The second kappa shape index (κ2) is 5.32. The molecule has 1 aromatic carbocycles. The van der Waals surface area contributed by atoms with E-state index in [9.17, 15) is 8.78 Å². The van der Waals surface area contributed by atoms with E-state index in [0.717, 1.165) is 17.4 Å². The maximum Gasteiger partial charge on any atom is 0.487 e. The van der Waals surface area contributed by atoms with Crippen LogP contribution >= 0.6 is 23.4 Å². The summed E-state index contributed by atoms with van der Waals surface area (Å²) >= 11 is 6.31. The van der Waals surface area contributed by atoms with Crippen LogP contribution in [0.5, 0.6) is 5.75 Å². The van der Waals surface area contributed by atoms with Crippen molar-refractivity contribution in [2.24, 2.45) is 4.99 Å². The highest BCUT2D eigenvalue weighted by molar-refractivity contribution is 8.15. The van der Waals surface area contributed by atoms with Crippen LogP contribution in [-0.2, 0) is 0 Å². The number of nitrogens with zero attached hydrogens (tertiary/aromatic N) is 1. The van der Waals surface area contributed by atoms with Crippen LogP contribution < -0.4 is 10.1 Å². The van der Waals surface area contributed by atoms with Crippen LogP contribution in [0, 0.1) is 0 Å². The summed E-state index contributed by atoms with van der Waals surface area (Å²) in [6.45, 7) is 2.87. The van der Waals surface area contributed by atoms with Crippen molar-refractivity contribution < 1.29 is 13.5 Å². The molecule has 0 saturated heterocycles. The van der Waals surface area contributed by atoms with Crippen LogP contribution in [-0.4, -0.2) is 22.5 Å². The summed E-state index contributed by atoms with van der Waals surface area (Å²) in [7, 11) is 0. The van der Waals surface area contributed by atoms with Crippen molar-refractivity contribution in [1.29, 1.82) is 0 Å². The molecular formula is C11H11ClF2N2OS. The molecule has 1 N–H and O–H groups in total. The molecule has 0 saturated carbocycles. The third-order valence-electron chi connectivity index (χ3n) is 2.14. The van der Waals surface area contributed by atoms with E-state index in [1.54, 1.807) is 23.9 Å². The zero-order chi connectivity index (χ0) is 13.2. The number of nitrogens with one attached hydrogen (secondary N) is 1. The molecule has 98 valence electrons. The van der Waals surface area contributed by atoms with Gasteiger partial charge < -0.3 is 10.1 Å². The van der Waals surface area contributed by atoms with Gasteiger partial charge in [0.25, 0.3) is 0 Å². The number of rotatable bonds is 3. The lowest BCUT2D eigenvalue weighted by Crippen LogP contribution is -2.15. The number of thioether (sulfide) groups is 1. The molecule has 1 atom stereocenters. The Kier molecular flexibility index (Phi) is 3.97. The van der Waals surface area contributed by atoms with Crippen molar-refractivity contribution in [3.63, 3.8) is 0 Å². The van der Waals surface area contributed by atoms with Crippen molar-refractivity contribution in [3.05, 3.63) is 24.3 Å². The first-order chi connectivity index (χ1) is 8.42. The number of hydrogen-bond donors (Lipinski definition) is 1. The van der Waals surface area contributed by atoms with Crippen LogP contribution in [0.1, 0.15) is 6.92 Å². The summed E-state index contributed by atoms with van der Waals surface area (Å²) in [6.07, 6.45) is 0. The minimum atomic E-state index is -3.68. The Morgan fingerprint density at radius 2 is 2.11 bits per heavy atom. The van der Waals surface area contributed by atoms with E-state index >= 15 is 0 Å². The van der Waals surface area contributed by atoms with E-state index in [2.05, 4.69) is 33.6 Å². The second-order valence-corrected chi connectivity index (χ2v) is 5.64. The average Bonchev–Trinajstić information content (AvgIpc) is 2.65. The van der Waals surface area contributed by atoms with Crippen LogP contribution in [0.2, 0.25) is 0 Å². The van der Waals surface area contributed by atoms with E-state index in [4.69, 9.17) is 0 Å². The summed E-state index contributed by atoms with van der Waals surface area (Å²) in [5.74, 6) is 0.00920. The van der Waals surface area contributed by atoms with Gasteiger partial charge in [-0.15, -0.1) is 8.78 Å². The average molecular weight is 293 g/mol. The molecular weight excluding hydrogens is 282 g/mol. The van der Waals surface area contributed by atoms with Crippen LogP contribution in [0.3, 0.4) is 0 Å². The molecule has 0 aromatic heterocycles. The van der Waals surface area contributed by atoms with Gasteiger partial charge in [0, 0.05) is 22.5 Å². The number of hydrogen-bond acceptors (Lipinski definition) is 4. The van der Waals surface area contributed by atoms with Gasteiger partial charge in [-0.1, -0.05) is 18.7 Å². The summed E-state index contributed by atoms with van der Waals surface area (Å²) in [4.78, 5) is 4.29. The van der Waals surface area contributed by atoms with Gasteiger partial charge in [0.2, 0.25) is 0 Å². The second-order valence-electron chi connectivity index (χ2n) is 3.77. The molecule has 3 nitrogen and oxygen atoms in total. The van der Waals surface area contributed by atoms with Gasteiger partial charge in [0.05, 0.1) is 6.54 Å². The van der Waals surface area contributed by atoms with Gasteiger partial charge in [0.1, 0.15) is 5.75 Å². The highest BCUT2D eigenvalue weighted by Gasteiger charge is 2.27. The molecule has 0 fully saturated rings. The predicted octanol–water partition coefficient (Wildman–Crippen LogP) is 3.76. The summed E-state index contributed by atoms with van der Waals surface area (Å²) in [6, 6.07) is 6.10. The van der Waals surface area contributed by atoms with Crippen molar-refractivity contribution in [2.75, 3.05) is 11.9 Å². The van der Waals surface area contributed by atoms with Crippen molar-refractivity contribution in [3.8, 4) is 5.75 Å². The first-order valence-electron chi connectivity index (χ1n) is 5.26. The van der Waals surface area contributed by atoms with E-state index in [-0.39, 0.29) is 5.75 Å². The monoisotopic (exact) mass is 292 g/mol. The maximum atomic E-state index is 12.4.